The van der Waals surface area contributed by atoms with Crippen molar-refractivity contribution in [2.24, 2.45) is 5.41 Å². The molecule has 0 saturated heterocycles. The molecule has 0 amide bonds. The summed E-state index contributed by atoms with van der Waals surface area (Å²) < 4.78 is 21.7. The van der Waals surface area contributed by atoms with Gasteiger partial charge in [-0.25, -0.2) is 9.07 Å². The summed E-state index contributed by atoms with van der Waals surface area (Å²) in [6, 6.07) is 17.0. The number of hydrogen-bond donors (Lipinski definition) is 0. The van der Waals surface area contributed by atoms with Crippen LogP contribution < -0.4 is 0 Å². The van der Waals surface area contributed by atoms with E-state index in [-0.39, 0.29) is 17.3 Å². The first-order valence-electron chi connectivity index (χ1n) is 10.2. The zero-order chi connectivity index (χ0) is 20.4. The Kier molecular flexibility index (Phi) is 5.37. The molecule has 4 heteroatoms. The molecule has 2 atom stereocenters. The molecule has 1 aromatic heterocycles. The van der Waals surface area contributed by atoms with Gasteiger partial charge in [0.05, 0.1) is 23.7 Å². The Morgan fingerprint density at radius 2 is 1.97 bits per heavy atom. The predicted molar refractivity (Wildman–Crippen MR) is 114 cm³/mol. The number of aromatic nitrogens is 2. The molecule has 1 aliphatic rings. The van der Waals surface area contributed by atoms with Gasteiger partial charge in [0.2, 0.25) is 0 Å². The van der Waals surface area contributed by atoms with Gasteiger partial charge in [0.1, 0.15) is 5.82 Å². The number of rotatable bonds is 6. The van der Waals surface area contributed by atoms with Crippen molar-refractivity contribution < 1.29 is 9.13 Å². The van der Waals surface area contributed by atoms with Crippen molar-refractivity contribution >= 4 is 6.08 Å². The topological polar surface area (TPSA) is 27.1 Å². The Morgan fingerprint density at radius 3 is 2.69 bits per heavy atom. The van der Waals surface area contributed by atoms with Gasteiger partial charge in [0.25, 0.3) is 0 Å². The van der Waals surface area contributed by atoms with Crippen molar-refractivity contribution in [3.63, 3.8) is 0 Å². The average Bonchev–Trinajstić information content (AvgIpc) is 3.11. The number of halogens is 1. The highest BCUT2D eigenvalue weighted by Crippen LogP contribution is 2.45. The van der Waals surface area contributed by atoms with E-state index in [2.05, 4.69) is 49.3 Å². The molecule has 0 saturated carbocycles. The first-order valence-corrected chi connectivity index (χ1v) is 10.2. The Balaban J connectivity index is 1.65. The van der Waals surface area contributed by atoms with Gasteiger partial charge in [-0.1, -0.05) is 48.9 Å². The van der Waals surface area contributed by atoms with Crippen LogP contribution in [0, 0.1) is 11.2 Å². The van der Waals surface area contributed by atoms with Crippen molar-refractivity contribution in [1.82, 2.24) is 9.78 Å². The zero-order valence-electron chi connectivity index (χ0n) is 17.2. The summed E-state index contributed by atoms with van der Waals surface area (Å²) in [5.74, 6) is -0.254. The molecule has 1 heterocycles. The lowest BCUT2D eigenvalue weighted by molar-refractivity contribution is 0.0324. The summed E-state index contributed by atoms with van der Waals surface area (Å²) >= 11 is 0. The van der Waals surface area contributed by atoms with Gasteiger partial charge in [0.15, 0.2) is 0 Å². The second-order valence-corrected chi connectivity index (χ2v) is 8.07. The third kappa shape index (κ3) is 3.90. The van der Waals surface area contributed by atoms with Crippen LogP contribution in [0.2, 0.25) is 0 Å². The van der Waals surface area contributed by atoms with E-state index in [0.29, 0.717) is 6.61 Å². The summed E-state index contributed by atoms with van der Waals surface area (Å²) in [6.07, 6.45) is 5.95. The van der Waals surface area contributed by atoms with Crippen molar-refractivity contribution in [3.05, 3.63) is 89.0 Å². The highest BCUT2D eigenvalue weighted by molar-refractivity contribution is 5.60. The Bertz CT molecular complexity index is 1020. The molecular weight excluding hydrogens is 363 g/mol. The molecule has 0 fully saturated rings. The van der Waals surface area contributed by atoms with E-state index in [0.717, 1.165) is 24.2 Å². The van der Waals surface area contributed by atoms with E-state index < -0.39 is 0 Å². The molecular formula is C25H27FN2O. The molecule has 2 unspecified atom stereocenters. The highest BCUT2D eigenvalue weighted by atomic mass is 19.1. The van der Waals surface area contributed by atoms with Gasteiger partial charge < -0.3 is 4.74 Å². The molecule has 0 spiro atoms. The SMILES string of the molecule is CCOC(CC1(C)Cc2cnn(-c3cccc(F)c3)c2C=C1C)c1ccccc1. The van der Waals surface area contributed by atoms with Crippen molar-refractivity contribution in [1.29, 1.82) is 0 Å². The quantitative estimate of drug-likeness (QED) is 0.505. The van der Waals surface area contributed by atoms with Crippen LogP contribution >= 0.6 is 0 Å². The highest BCUT2D eigenvalue weighted by Gasteiger charge is 2.35. The normalized spacial score (nSPS) is 19.5. The summed E-state index contributed by atoms with van der Waals surface area (Å²) in [7, 11) is 0. The molecule has 0 aliphatic heterocycles. The molecule has 4 rings (SSSR count). The fraction of sp³-hybridized carbons (Fsp3) is 0.320. The third-order valence-electron chi connectivity index (χ3n) is 6.00. The molecule has 2 aromatic carbocycles. The van der Waals surface area contributed by atoms with E-state index in [1.54, 1.807) is 6.07 Å². The van der Waals surface area contributed by atoms with Crippen molar-refractivity contribution in [3.8, 4) is 5.69 Å². The smallest absolute Gasteiger partial charge is 0.125 e. The first-order chi connectivity index (χ1) is 14.0. The summed E-state index contributed by atoms with van der Waals surface area (Å²) in [4.78, 5) is 0. The Labute approximate surface area is 171 Å². The van der Waals surface area contributed by atoms with Crippen LogP contribution in [0.25, 0.3) is 11.8 Å². The minimum Gasteiger partial charge on any atom is -0.374 e. The lowest BCUT2D eigenvalue weighted by Gasteiger charge is -2.37. The van der Waals surface area contributed by atoms with Crippen LogP contribution in [0.3, 0.4) is 0 Å². The molecule has 150 valence electrons. The van der Waals surface area contributed by atoms with Crippen LogP contribution in [-0.4, -0.2) is 16.4 Å². The molecule has 0 N–H and O–H groups in total. The van der Waals surface area contributed by atoms with Gasteiger partial charge >= 0.3 is 0 Å². The van der Waals surface area contributed by atoms with E-state index in [1.165, 1.54) is 28.8 Å². The van der Waals surface area contributed by atoms with Gasteiger partial charge in [0, 0.05) is 6.61 Å². The second kappa shape index (κ2) is 7.96. The van der Waals surface area contributed by atoms with E-state index in [1.807, 2.05) is 29.9 Å². The Morgan fingerprint density at radius 1 is 1.17 bits per heavy atom. The third-order valence-corrected chi connectivity index (χ3v) is 6.00. The molecule has 29 heavy (non-hydrogen) atoms. The lowest BCUT2D eigenvalue weighted by atomic mass is 9.70. The van der Waals surface area contributed by atoms with Crippen molar-refractivity contribution in [2.45, 2.75) is 39.7 Å². The van der Waals surface area contributed by atoms with Gasteiger partial charge in [-0.05, 0) is 67.5 Å². The maximum atomic E-state index is 13.7. The maximum Gasteiger partial charge on any atom is 0.125 e. The van der Waals surface area contributed by atoms with Crippen LogP contribution in [0.15, 0.2) is 66.4 Å². The molecule has 1 aliphatic carbocycles. The zero-order valence-corrected chi connectivity index (χ0v) is 17.2. The molecule has 0 bridgehead atoms. The van der Waals surface area contributed by atoms with Gasteiger partial charge in [-0.15, -0.1) is 0 Å². The number of benzene rings is 2. The largest absolute Gasteiger partial charge is 0.374 e. The Hall–Kier alpha value is -2.72. The predicted octanol–water partition coefficient (Wildman–Crippen LogP) is 6.15. The number of ether oxygens (including phenoxy) is 1. The first kappa shape index (κ1) is 19.6. The lowest BCUT2D eigenvalue weighted by Crippen LogP contribution is -2.28. The minimum atomic E-state index is -0.254. The minimum absolute atomic E-state index is 0.0293. The number of nitrogens with zero attached hydrogens (tertiary/aromatic N) is 2. The van der Waals surface area contributed by atoms with E-state index in [9.17, 15) is 4.39 Å². The molecule has 0 radical (unpaired) electrons. The number of hydrogen-bond acceptors (Lipinski definition) is 2. The summed E-state index contributed by atoms with van der Waals surface area (Å²) in [5.41, 5.74) is 5.45. The number of fused-ring (bicyclic) bond motifs is 1. The summed E-state index contributed by atoms with van der Waals surface area (Å²) in [6.45, 7) is 7.21. The van der Waals surface area contributed by atoms with E-state index >= 15 is 0 Å². The summed E-state index contributed by atoms with van der Waals surface area (Å²) in [5, 5.41) is 4.56. The standard InChI is InChI=1S/C25H27FN2O/c1-4-29-24(19-9-6-5-7-10-19)16-25(3)15-20-17-27-28(23(20)13-18(25)2)22-12-8-11-21(26)14-22/h5-14,17,24H,4,15-16H2,1-3H3. The second-order valence-electron chi connectivity index (χ2n) is 8.07. The maximum absolute atomic E-state index is 13.7. The molecule has 3 nitrogen and oxygen atoms in total. The monoisotopic (exact) mass is 390 g/mol. The average molecular weight is 391 g/mol. The fourth-order valence-corrected chi connectivity index (χ4v) is 4.22. The van der Waals surface area contributed by atoms with Crippen LogP contribution in [0.4, 0.5) is 4.39 Å². The van der Waals surface area contributed by atoms with Crippen LogP contribution in [-0.2, 0) is 11.2 Å². The van der Waals surface area contributed by atoms with Gasteiger partial charge in [-0.2, -0.15) is 5.10 Å². The fourth-order valence-electron chi connectivity index (χ4n) is 4.22. The van der Waals surface area contributed by atoms with Gasteiger partial charge in [-0.3, -0.25) is 0 Å². The van der Waals surface area contributed by atoms with Crippen LogP contribution in [0.1, 0.15) is 50.1 Å². The number of allylic oxidation sites excluding steroid dienone is 1. The van der Waals surface area contributed by atoms with Crippen molar-refractivity contribution in [2.75, 3.05) is 6.61 Å². The van der Waals surface area contributed by atoms with E-state index in [4.69, 9.17) is 4.74 Å². The van der Waals surface area contributed by atoms with Crippen LogP contribution in [0.5, 0.6) is 0 Å². The molecule has 3 aromatic rings.